The molecule has 0 aromatic heterocycles. The summed E-state index contributed by atoms with van der Waals surface area (Å²) < 4.78 is 32.8. The van der Waals surface area contributed by atoms with Gasteiger partial charge in [0.15, 0.2) is 0 Å². The van der Waals surface area contributed by atoms with Gasteiger partial charge in [-0.2, -0.15) is 0 Å². The summed E-state index contributed by atoms with van der Waals surface area (Å²) in [7, 11) is -3.49. The van der Waals surface area contributed by atoms with E-state index < -0.39 is 16.7 Å². The van der Waals surface area contributed by atoms with Gasteiger partial charge in [-0.05, 0) is 12.8 Å². The molecular weight excluding hydrogens is 175 g/mol. The van der Waals surface area contributed by atoms with Gasteiger partial charge in [0.25, 0.3) is 10.0 Å². The number of hydrogen-bond donors (Lipinski definition) is 2. The zero-order chi connectivity index (χ0) is 8.74. The van der Waals surface area contributed by atoms with E-state index >= 15 is 0 Å². The summed E-state index contributed by atoms with van der Waals surface area (Å²) in [6.07, 6.45) is 0.444. The maximum absolute atomic E-state index is 11.5. The molecule has 68 valence electrons. The summed E-state index contributed by atoms with van der Waals surface area (Å²) >= 11 is 0. The van der Waals surface area contributed by atoms with Crippen molar-refractivity contribution in [3.8, 4) is 0 Å². The van der Waals surface area contributed by atoms with E-state index in [4.69, 9.17) is 0 Å². The fourth-order valence-electron chi connectivity index (χ4n) is 0.519. The molecule has 0 radical (unpaired) electrons. The molecule has 0 atom stereocenters. The number of quaternary nitrogens is 1. The van der Waals surface area contributed by atoms with Crippen LogP contribution >= 0.6 is 0 Å². The van der Waals surface area contributed by atoms with Gasteiger partial charge in [0.1, 0.15) is 0 Å². The third kappa shape index (κ3) is 6.17. The highest BCUT2D eigenvalue weighted by molar-refractivity contribution is 7.89. The fourth-order valence-corrected chi connectivity index (χ4v) is 1.37. The fraction of sp³-hybridized carbons (Fsp3) is 1.00. The highest BCUT2D eigenvalue weighted by Crippen LogP contribution is 1.92. The molecule has 5 nitrogen and oxygen atoms in total. The summed E-state index contributed by atoms with van der Waals surface area (Å²) in [5, 5.41) is 9.69. The maximum Gasteiger partial charge on any atom is 0.253 e. The van der Waals surface area contributed by atoms with Crippen molar-refractivity contribution >= 4 is 10.0 Å². The van der Waals surface area contributed by atoms with Crippen molar-refractivity contribution in [1.29, 1.82) is 0 Å². The lowest BCUT2D eigenvalue weighted by Gasteiger charge is -2.03. The SMILES string of the molecule is O=S(=O)(CCCCF)N[NH2+][O-]. The Labute approximate surface area is 64.6 Å². The molecule has 0 aliphatic carbocycles. The molecule has 11 heavy (non-hydrogen) atoms. The Kier molecular flexibility index (Phi) is 5.30. The van der Waals surface area contributed by atoms with Crippen molar-refractivity contribution in [2.75, 3.05) is 12.4 Å². The number of sulfonamides is 1. The van der Waals surface area contributed by atoms with Gasteiger partial charge in [0, 0.05) is 0 Å². The lowest BCUT2D eigenvalue weighted by molar-refractivity contribution is -0.627. The molecule has 0 saturated heterocycles. The van der Waals surface area contributed by atoms with E-state index in [1.807, 2.05) is 0 Å². The third-order valence-electron chi connectivity index (χ3n) is 1.02. The summed E-state index contributed by atoms with van der Waals surface area (Å²) in [4.78, 5) is 1.65. The van der Waals surface area contributed by atoms with E-state index in [1.54, 1.807) is 4.83 Å². The summed E-state index contributed by atoms with van der Waals surface area (Å²) in [5.41, 5.74) is 0.102. The van der Waals surface area contributed by atoms with Gasteiger partial charge in [-0.3, -0.25) is 9.98 Å². The molecule has 0 rings (SSSR count). The van der Waals surface area contributed by atoms with Crippen molar-refractivity contribution in [3.05, 3.63) is 5.21 Å². The largest absolute Gasteiger partial charge is 0.614 e. The number of alkyl halides is 1. The second kappa shape index (κ2) is 5.42. The van der Waals surface area contributed by atoms with Crippen LogP contribution in [-0.4, -0.2) is 20.8 Å². The number of hydrogen-bond acceptors (Lipinski definition) is 3. The van der Waals surface area contributed by atoms with Crippen molar-refractivity contribution in [2.45, 2.75) is 12.8 Å². The van der Waals surface area contributed by atoms with E-state index in [0.717, 1.165) is 0 Å². The van der Waals surface area contributed by atoms with E-state index in [2.05, 4.69) is 0 Å². The van der Waals surface area contributed by atoms with E-state index in [9.17, 15) is 18.0 Å². The van der Waals surface area contributed by atoms with Crippen LogP contribution in [0.2, 0.25) is 0 Å². The molecule has 0 heterocycles. The molecular formula is C4H11FN2O3S. The quantitative estimate of drug-likeness (QED) is 0.305. The standard InChI is InChI=1S/C4H11FN2O3S/c5-3-1-2-4-11(9,10)7-6-8/h7H,1-4,6H2. The second-order valence-electron chi connectivity index (χ2n) is 1.95. The molecule has 3 N–H and O–H groups in total. The number of rotatable bonds is 6. The Bertz CT molecular complexity index is 182. The van der Waals surface area contributed by atoms with Crippen LogP contribution in [0.15, 0.2) is 0 Å². The summed E-state index contributed by atoms with van der Waals surface area (Å²) in [5.74, 6) is -0.199. The van der Waals surface area contributed by atoms with Crippen LogP contribution < -0.4 is 10.4 Å². The van der Waals surface area contributed by atoms with Gasteiger partial charge < -0.3 is 5.21 Å². The van der Waals surface area contributed by atoms with Gasteiger partial charge in [0.05, 0.1) is 12.4 Å². The third-order valence-corrected chi connectivity index (χ3v) is 2.31. The number of nitrogens with two attached hydrogens (primary N) is 1. The first-order valence-corrected chi connectivity index (χ1v) is 4.77. The predicted molar refractivity (Wildman–Crippen MR) is 37.4 cm³/mol. The summed E-state index contributed by atoms with van der Waals surface area (Å²) in [6, 6.07) is 0. The Morgan fingerprint density at radius 3 is 2.55 bits per heavy atom. The molecule has 0 aliphatic heterocycles. The Morgan fingerprint density at radius 2 is 2.09 bits per heavy atom. The van der Waals surface area contributed by atoms with Crippen LogP contribution in [0.3, 0.4) is 0 Å². The van der Waals surface area contributed by atoms with Crippen LogP contribution in [0.4, 0.5) is 4.39 Å². The highest BCUT2D eigenvalue weighted by Gasteiger charge is 2.08. The molecule has 7 heteroatoms. The van der Waals surface area contributed by atoms with Gasteiger partial charge in [-0.1, -0.05) is 4.83 Å². The molecule has 0 fully saturated rings. The predicted octanol–water partition coefficient (Wildman–Crippen LogP) is -1.37. The first-order chi connectivity index (χ1) is 5.12. The Hall–Kier alpha value is -0.240. The molecule has 0 aromatic carbocycles. The zero-order valence-corrected chi connectivity index (χ0v) is 6.73. The van der Waals surface area contributed by atoms with Gasteiger partial charge >= 0.3 is 0 Å². The maximum atomic E-state index is 11.5. The van der Waals surface area contributed by atoms with Crippen molar-refractivity contribution in [2.24, 2.45) is 0 Å². The van der Waals surface area contributed by atoms with Crippen LogP contribution in [0, 0.1) is 5.21 Å². The van der Waals surface area contributed by atoms with E-state index in [-0.39, 0.29) is 24.2 Å². The average Bonchev–Trinajstić information content (AvgIpc) is 1.87. The van der Waals surface area contributed by atoms with Crippen LogP contribution in [0.25, 0.3) is 0 Å². The minimum absolute atomic E-state index is 0.102. The minimum atomic E-state index is -3.49. The monoisotopic (exact) mass is 186 g/mol. The lowest BCUT2D eigenvalue weighted by atomic mass is 10.4. The Balaban J connectivity index is 3.56. The molecule has 0 spiro atoms. The van der Waals surface area contributed by atoms with Gasteiger partial charge in [0.2, 0.25) is 0 Å². The van der Waals surface area contributed by atoms with Crippen molar-refractivity contribution < 1.29 is 18.4 Å². The van der Waals surface area contributed by atoms with Gasteiger partial charge in [-0.25, -0.2) is 8.42 Å². The van der Waals surface area contributed by atoms with Gasteiger partial charge in [-0.15, -0.1) is 0 Å². The smallest absolute Gasteiger partial charge is 0.253 e. The second-order valence-corrected chi connectivity index (χ2v) is 3.82. The molecule has 0 aromatic rings. The highest BCUT2D eigenvalue weighted by atomic mass is 32.2. The average molecular weight is 186 g/mol. The molecule has 0 saturated carbocycles. The van der Waals surface area contributed by atoms with Crippen LogP contribution in [0.5, 0.6) is 0 Å². The minimum Gasteiger partial charge on any atom is -0.614 e. The molecule has 0 aliphatic rings. The lowest BCUT2D eigenvalue weighted by Crippen LogP contribution is -2.88. The first kappa shape index (κ1) is 10.8. The van der Waals surface area contributed by atoms with E-state index in [1.165, 1.54) is 0 Å². The summed E-state index contributed by atoms with van der Waals surface area (Å²) in [6.45, 7) is -0.531. The molecule has 0 bridgehead atoms. The number of halogens is 1. The topological polar surface area (TPSA) is 85.8 Å². The zero-order valence-electron chi connectivity index (χ0n) is 5.92. The molecule has 0 unspecified atom stereocenters. The Morgan fingerprint density at radius 1 is 1.45 bits per heavy atom. The first-order valence-electron chi connectivity index (χ1n) is 3.12. The van der Waals surface area contributed by atoms with Crippen LogP contribution in [-0.2, 0) is 10.0 Å². The van der Waals surface area contributed by atoms with Crippen molar-refractivity contribution in [3.63, 3.8) is 0 Å². The number of nitrogens with one attached hydrogen (secondary N) is 1. The van der Waals surface area contributed by atoms with Crippen LogP contribution in [0.1, 0.15) is 12.8 Å². The normalized spacial score (nSPS) is 11.8. The number of unbranched alkanes of at least 4 members (excludes halogenated alkanes) is 1. The molecule has 0 amide bonds. The van der Waals surface area contributed by atoms with Crippen molar-refractivity contribution in [1.82, 2.24) is 4.83 Å². The van der Waals surface area contributed by atoms with E-state index in [0.29, 0.717) is 0 Å².